The number of hydrogen-bond donors (Lipinski definition) is 3. The standard InChI is InChI=1S/C14H15O4PS2/c1-9-3-5-11(15)13(7-9)17-19(20,21)18-14-8-10(2)4-6-12(14)16/h3-8,15-16H,1-2H3,(H,20,21). The molecule has 21 heavy (non-hydrogen) atoms. The van der Waals surface area contributed by atoms with E-state index in [2.05, 4.69) is 12.2 Å². The molecule has 0 saturated carbocycles. The highest BCUT2D eigenvalue weighted by Gasteiger charge is 2.28. The van der Waals surface area contributed by atoms with Gasteiger partial charge in [-0.05, 0) is 49.2 Å². The summed E-state index contributed by atoms with van der Waals surface area (Å²) in [6.07, 6.45) is -3.02. The molecule has 0 spiro atoms. The molecule has 0 radical (unpaired) electrons. The maximum atomic E-state index is 9.77. The van der Waals surface area contributed by atoms with E-state index >= 15 is 0 Å². The zero-order chi connectivity index (χ0) is 15.6. The van der Waals surface area contributed by atoms with E-state index < -0.39 is 6.12 Å². The van der Waals surface area contributed by atoms with Crippen molar-refractivity contribution in [2.24, 2.45) is 0 Å². The lowest BCUT2D eigenvalue weighted by Crippen LogP contribution is -2.01. The lowest BCUT2D eigenvalue weighted by molar-refractivity contribution is 0.417. The third-order valence-corrected chi connectivity index (χ3v) is 4.45. The molecule has 0 aliphatic carbocycles. The van der Waals surface area contributed by atoms with E-state index in [0.717, 1.165) is 11.1 Å². The van der Waals surface area contributed by atoms with Crippen LogP contribution in [0.25, 0.3) is 0 Å². The van der Waals surface area contributed by atoms with Gasteiger partial charge in [-0.15, -0.1) is 0 Å². The molecule has 4 nitrogen and oxygen atoms in total. The Kier molecular flexibility index (Phi) is 4.81. The summed E-state index contributed by atoms with van der Waals surface area (Å²) in [6, 6.07) is 9.81. The van der Waals surface area contributed by atoms with E-state index in [4.69, 9.17) is 21.3 Å². The number of aromatic hydroxyl groups is 2. The van der Waals surface area contributed by atoms with Crippen molar-refractivity contribution in [2.75, 3.05) is 0 Å². The van der Waals surface area contributed by atoms with E-state index in [1.807, 2.05) is 13.8 Å². The highest BCUT2D eigenvalue weighted by Crippen LogP contribution is 2.64. The number of phenols is 2. The Morgan fingerprint density at radius 2 is 1.29 bits per heavy atom. The van der Waals surface area contributed by atoms with Gasteiger partial charge in [-0.3, -0.25) is 0 Å². The Hall–Kier alpha value is -1.23. The van der Waals surface area contributed by atoms with Gasteiger partial charge in [-0.1, -0.05) is 12.1 Å². The van der Waals surface area contributed by atoms with Crippen molar-refractivity contribution in [3.8, 4) is 23.0 Å². The lowest BCUT2D eigenvalue weighted by Gasteiger charge is -2.24. The summed E-state index contributed by atoms with van der Waals surface area (Å²) in [7, 11) is 0. The first-order valence-electron chi connectivity index (χ1n) is 6.08. The molecule has 0 bridgehead atoms. The van der Waals surface area contributed by atoms with Gasteiger partial charge in [0, 0.05) is 0 Å². The van der Waals surface area contributed by atoms with Gasteiger partial charge in [-0.2, -0.15) is 0 Å². The van der Waals surface area contributed by atoms with Gasteiger partial charge < -0.3 is 31.5 Å². The van der Waals surface area contributed by atoms with Crippen LogP contribution in [0.15, 0.2) is 36.4 Å². The number of benzene rings is 2. The van der Waals surface area contributed by atoms with E-state index in [-0.39, 0.29) is 23.0 Å². The topological polar surface area (TPSA) is 58.9 Å². The fraction of sp³-hybridized carbons (Fsp3) is 0.143. The van der Waals surface area contributed by atoms with Gasteiger partial charge in [0.2, 0.25) is 11.5 Å². The summed E-state index contributed by atoms with van der Waals surface area (Å²) in [5.74, 6) is 0.336. The van der Waals surface area contributed by atoms with E-state index in [1.165, 1.54) is 12.1 Å². The Bertz CT molecular complexity index is 606. The summed E-state index contributed by atoms with van der Waals surface area (Å²) in [4.78, 5) is 0. The summed E-state index contributed by atoms with van der Waals surface area (Å²) in [5, 5.41) is 19.5. The second-order valence-electron chi connectivity index (χ2n) is 4.59. The van der Waals surface area contributed by atoms with Gasteiger partial charge in [0.25, 0.3) is 0 Å². The van der Waals surface area contributed by atoms with Crippen molar-refractivity contribution < 1.29 is 19.3 Å². The highest BCUT2D eigenvalue weighted by atomic mass is 33.1. The number of rotatable bonds is 4. The second-order valence-corrected chi connectivity index (χ2v) is 9.73. The molecule has 7 heteroatoms. The van der Waals surface area contributed by atoms with Gasteiger partial charge in [-0.25, -0.2) is 0 Å². The first-order valence-corrected chi connectivity index (χ1v) is 9.87. The van der Waals surface area contributed by atoms with Crippen LogP contribution in [0.4, 0.5) is 0 Å². The Morgan fingerprint density at radius 1 is 0.905 bits per heavy atom. The van der Waals surface area contributed by atoms with Crippen molar-refractivity contribution in [3.05, 3.63) is 47.5 Å². The molecule has 0 fully saturated rings. The molecule has 0 aliphatic heterocycles. The molecular weight excluding hydrogens is 327 g/mol. The van der Waals surface area contributed by atoms with E-state index in [9.17, 15) is 10.2 Å². The number of hydrogen-bond acceptors (Lipinski definition) is 6. The average molecular weight is 342 g/mol. The number of thiol groups is 1. The maximum absolute atomic E-state index is 9.77. The Morgan fingerprint density at radius 3 is 1.67 bits per heavy atom. The Balaban J connectivity index is 2.22. The van der Waals surface area contributed by atoms with Crippen molar-refractivity contribution in [2.45, 2.75) is 13.8 Å². The number of aryl methyl sites for hydroxylation is 2. The van der Waals surface area contributed by atoms with Crippen LogP contribution in [-0.4, -0.2) is 10.2 Å². The fourth-order valence-electron chi connectivity index (χ4n) is 1.66. The molecular formula is C14H15O4PS2. The molecule has 2 rings (SSSR count). The second kappa shape index (κ2) is 6.26. The summed E-state index contributed by atoms with van der Waals surface area (Å²) < 4.78 is 11.0. The molecule has 0 atom stereocenters. The van der Waals surface area contributed by atoms with Crippen LogP contribution in [0.2, 0.25) is 0 Å². The smallest absolute Gasteiger partial charge is 0.307 e. The first kappa shape index (κ1) is 16.1. The monoisotopic (exact) mass is 342 g/mol. The summed E-state index contributed by atoms with van der Waals surface area (Å²) >= 11 is 9.45. The minimum Gasteiger partial charge on any atom is -0.504 e. The molecule has 0 aromatic heterocycles. The summed E-state index contributed by atoms with van der Waals surface area (Å²) in [5.41, 5.74) is 1.81. The molecule has 0 unspecified atom stereocenters. The van der Waals surface area contributed by atoms with Crippen LogP contribution in [0.1, 0.15) is 11.1 Å². The molecule has 0 heterocycles. The molecule has 0 saturated heterocycles. The van der Waals surface area contributed by atoms with Gasteiger partial charge in [0.1, 0.15) is 0 Å². The lowest BCUT2D eigenvalue weighted by atomic mass is 10.2. The van der Waals surface area contributed by atoms with Crippen LogP contribution >= 0.6 is 18.4 Å². The molecule has 0 aliphatic rings. The minimum atomic E-state index is -3.02. The van der Waals surface area contributed by atoms with Crippen LogP contribution < -0.4 is 9.05 Å². The SMILES string of the molecule is Cc1ccc(O)c(O[P+]([S-])(S)Oc2cc(C)ccc2O)c1. The molecule has 0 amide bonds. The van der Waals surface area contributed by atoms with Crippen molar-refractivity contribution in [1.29, 1.82) is 0 Å². The predicted octanol–water partition coefficient (Wildman–Crippen LogP) is 4.33. The third-order valence-electron chi connectivity index (χ3n) is 2.66. The zero-order valence-electron chi connectivity index (χ0n) is 11.5. The maximum Gasteiger partial charge on any atom is 0.307 e. The Labute approximate surface area is 134 Å². The van der Waals surface area contributed by atoms with Crippen LogP contribution in [0, 0.1) is 13.8 Å². The van der Waals surface area contributed by atoms with Crippen LogP contribution in [0.5, 0.6) is 23.0 Å². The quantitative estimate of drug-likeness (QED) is 0.439. The molecule has 2 aromatic carbocycles. The summed E-state index contributed by atoms with van der Waals surface area (Å²) in [6.45, 7) is 3.73. The van der Waals surface area contributed by atoms with Gasteiger partial charge >= 0.3 is 6.12 Å². The first-order chi connectivity index (χ1) is 9.77. The van der Waals surface area contributed by atoms with Crippen molar-refractivity contribution >= 4 is 30.6 Å². The third kappa shape index (κ3) is 4.37. The minimum absolute atomic E-state index is 0.0408. The zero-order valence-corrected chi connectivity index (χ0v) is 14.1. The number of phenolic OH excluding ortho intramolecular Hbond substituents is 2. The predicted molar refractivity (Wildman–Crippen MR) is 90.2 cm³/mol. The van der Waals surface area contributed by atoms with Crippen LogP contribution in [0.3, 0.4) is 0 Å². The van der Waals surface area contributed by atoms with Crippen molar-refractivity contribution in [1.82, 2.24) is 0 Å². The molecule has 2 N–H and O–H groups in total. The highest BCUT2D eigenvalue weighted by molar-refractivity contribution is 8.76. The van der Waals surface area contributed by atoms with Gasteiger partial charge in [0.15, 0.2) is 11.5 Å². The van der Waals surface area contributed by atoms with E-state index in [1.54, 1.807) is 24.3 Å². The largest absolute Gasteiger partial charge is 0.504 e. The van der Waals surface area contributed by atoms with Gasteiger partial charge in [0.05, 0.1) is 12.2 Å². The molecule has 2 aromatic rings. The average Bonchev–Trinajstić information content (AvgIpc) is 2.37. The fourth-order valence-corrected chi connectivity index (χ4v) is 3.49. The van der Waals surface area contributed by atoms with E-state index in [0.29, 0.717) is 0 Å². The molecule has 112 valence electrons. The van der Waals surface area contributed by atoms with Crippen molar-refractivity contribution in [3.63, 3.8) is 0 Å². The normalized spacial score (nSPS) is 11.2. The van der Waals surface area contributed by atoms with Crippen LogP contribution in [-0.2, 0) is 12.2 Å².